The van der Waals surface area contributed by atoms with E-state index >= 15 is 0 Å². The van der Waals surface area contributed by atoms with Gasteiger partial charge in [0.1, 0.15) is 0 Å². The van der Waals surface area contributed by atoms with Gasteiger partial charge in [-0.1, -0.05) is 12.1 Å². The zero-order valence-electron chi connectivity index (χ0n) is 14.2. The zero-order valence-corrected chi connectivity index (χ0v) is 15.8. The molecule has 0 aromatic heterocycles. The normalized spacial score (nSPS) is 12.3. The van der Waals surface area contributed by atoms with E-state index in [4.69, 9.17) is 0 Å². The first kappa shape index (κ1) is 19.8. The predicted molar refractivity (Wildman–Crippen MR) is 98.5 cm³/mol. The molecule has 0 saturated carbocycles. The van der Waals surface area contributed by atoms with E-state index in [0.29, 0.717) is 13.1 Å². The van der Waals surface area contributed by atoms with Gasteiger partial charge in [0.15, 0.2) is 5.96 Å². The number of nitrogens with zero attached hydrogens (tertiary/aromatic N) is 2. The lowest BCUT2D eigenvalue weighted by molar-refractivity contribution is 0.477. The van der Waals surface area contributed by atoms with Crippen LogP contribution in [0.3, 0.4) is 0 Å². The minimum absolute atomic E-state index is 0.296. The van der Waals surface area contributed by atoms with Gasteiger partial charge in [-0.15, -0.1) is 11.8 Å². The molecule has 0 amide bonds. The summed E-state index contributed by atoms with van der Waals surface area (Å²) < 4.78 is 24.5. The molecule has 0 aliphatic carbocycles. The van der Waals surface area contributed by atoms with E-state index in [1.165, 1.54) is 10.5 Å². The van der Waals surface area contributed by atoms with Crippen LogP contribution in [-0.4, -0.2) is 58.5 Å². The molecule has 0 unspecified atom stereocenters. The Morgan fingerprint density at radius 1 is 1.30 bits per heavy atom. The van der Waals surface area contributed by atoms with E-state index in [-0.39, 0.29) is 0 Å². The van der Waals surface area contributed by atoms with Crippen LogP contribution in [0.15, 0.2) is 34.2 Å². The van der Waals surface area contributed by atoms with Crippen LogP contribution in [0.25, 0.3) is 0 Å². The summed E-state index contributed by atoms with van der Waals surface area (Å²) in [5, 5.41) is 3.22. The molecule has 1 aromatic rings. The fraction of sp³-hybridized carbons (Fsp3) is 0.533. The van der Waals surface area contributed by atoms with Gasteiger partial charge in [-0.3, -0.25) is 4.99 Å². The SMILES string of the molecule is CCNC(=NCCNS(C)(=O)=O)N(C)Cc1ccc(SC)cc1. The summed E-state index contributed by atoms with van der Waals surface area (Å²) >= 11 is 1.72. The third-order valence-electron chi connectivity index (χ3n) is 3.01. The van der Waals surface area contributed by atoms with E-state index in [9.17, 15) is 8.42 Å². The number of rotatable bonds is 8. The van der Waals surface area contributed by atoms with Gasteiger partial charge in [0.05, 0.1) is 12.8 Å². The van der Waals surface area contributed by atoms with Crippen molar-refractivity contribution < 1.29 is 8.42 Å². The van der Waals surface area contributed by atoms with Crippen LogP contribution in [0.2, 0.25) is 0 Å². The van der Waals surface area contributed by atoms with E-state index in [2.05, 4.69) is 45.6 Å². The first-order valence-electron chi connectivity index (χ1n) is 7.42. The second kappa shape index (κ2) is 9.79. The van der Waals surface area contributed by atoms with E-state index in [1.54, 1.807) is 11.8 Å². The summed E-state index contributed by atoms with van der Waals surface area (Å²) in [5.74, 6) is 0.761. The number of aliphatic imine (C=N–C) groups is 1. The minimum Gasteiger partial charge on any atom is -0.357 e. The Morgan fingerprint density at radius 2 is 1.96 bits per heavy atom. The van der Waals surface area contributed by atoms with Gasteiger partial charge in [-0.25, -0.2) is 13.1 Å². The first-order valence-corrected chi connectivity index (χ1v) is 10.5. The number of hydrogen-bond donors (Lipinski definition) is 2. The summed E-state index contributed by atoms with van der Waals surface area (Å²) in [6.07, 6.45) is 3.20. The highest BCUT2D eigenvalue weighted by molar-refractivity contribution is 7.98. The Balaban J connectivity index is 2.63. The molecule has 23 heavy (non-hydrogen) atoms. The maximum absolute atomic E-state index is 11.0. The number of hydrogen-bond acceptors (Lipinski definition) is 4. The third kappa shape index (κ3) is 8.24. The largest absolute Gasteiger partial charge is 0.357 e. The number of guanidine groups is 1. The predicted octanol–water partition coefficient (Wildman–Crippen LogP) is 1.36. The highest BCUT2D eigenvalue weighted by Crippen LogP contribution is 2.15. The van der Waals surface area contributed by atoms with Crippen LogP contribution >= 0.6 is 11.8 Å². The van der Waals surface area contributed by atoms with Gasteiger partial charge < -0.3 is 10.2 Å². The molecular formula is C15H26N4O2S2. The Labute approximate surface area is 143 Å². The van der Waals surface area contributed by atoms with E-state index in [0.717, 1.165) is 25.3 Å². The average Bonchev–Trinajstić information content (AvgIpc) is 2.50. The molecule has 0 aliphatic heterocycles. The molecule has 2 N–H and O–H groups in total. The van der Waals surface area contributed by atoms with Crippen molar-refractivity contribution in [3.63, 3.8) is 0 Å². The molecule has 8 heteroatoms. The molecule has 0 atom stereocenters. The summed E-state index contributed by atoms with van der Waals surface area (Å²) in [6, 6.07) is 8.43. The Hall–Kier alpha value is -1.25. The molecule has 0 bridgehead atoms. The van der Waals surface area contributed by atoms with E-state index in [1.807, 2.05) is 18.9 Å². The van der Waals surface area contributed by atoms with Gasteiger partial charge in [-0.2, -0.15) is 0 Å². The van der Waals surface area contributed by atoms with Gasteiger partial charge in [-0.05, 0) is 30.9 Å². The number of thioether (sulfide) groups is 1. The van der Waals surface area contributed by atoms with Crippen molar-refractivity contribution in [1.82, 2.24) is 14.9 Å². The van der Waals surface area contributed by atoms with Crippen molar-refractivity contribution in [2.45, 2.75) is 18.4 Å². The smallest absolute Gasteiger partial charge is 0.208 e. The molecule has 1 rings (SSSR count). The van der Waals surface area contributed by atoms with Crippen LogP contribution < -0.4 is 10.0 Å². The van der Waals surface area contributed by atoms with Crippen molar-refractivity contribution in [3.8, 4) is 0 Å². The van der Waals surface area contributed by atoms with Crippen LogP contribution in [-0.2, 0) is 16.6 Å². The molecule has 0 spiro atoms. The highest BCUT2D eigenvalue weighted by Gasteiger charge is 2.07. The van der Waals surface area contributed by atoms with Gasteiger partial charge in [0.2, 0.25) is 10.0 Å². The molecule has 6 nitrogen and oxygen atoms in total. The minimum atomic E-state index is -3.17. The average molecular weight is 359 g/mol. The summed E-state index contributed by atoms with van der Waals surface area (Å²) in [7, 11) is -1.20. The second-order valence-electron chi connectivity index (χ2n) is 5.11. The van der Waals surface area contributed by atoms with Crippen molar-refractivity contribution >= 4 is 27.7 Å². The fourth-order valence-electron chi connectivity index (χ4n) is 1.94. The van der Waals surface area contributed by atoms with Crippen LogP contribution in [0.4, 0.5) is 0 Å². The van der Waals surface area contributed by atoms with Gasteiger partial charge in [0, 0.05) is 31.6 Å². The molecule has 0 radical (unpaired) electrons. The van der Waals surface area contributed by atoms with Crippen LogP contribution in [0.5, 0.6) is 0 Å². The van der Waals surface area contributed by atoms with Crippen molar-refractivity contribution in [2.24, 2.45) is 4.99 Å². The van der Waals surface area contributed by atoms with Gasteiger partial charge >= 0.3 is 0 Å². The standard InChI is InChI=1S/C15H26N4O2S2/c1-5-16-15(17-10-11-18-23(4,20)21)19(2)12-13-6-8-14(22-3)9-7-13/h6-9,18H,5,10-12H2,1-4H3,(H,16,17). The monoisotopic (exact) mass is 358 g/mol. The Kier molecular flexibility index (Phi) is 8.43. The highest BCUT2D eigenvalue weighted by atomic mass is 32.2. The summed E-state index contributed by atoms with van der Waals surface area (Å²) in [6.45, 7) is 4.19. The maximum atomic E-state index is 11.0. The van der Waals surface area contributed by atoms with Crippen LogP contribution in [0, 0.1) is 0 Å². The fourth-order valence-corrected chi connectivity index (χ4v) is 2.81. The molecule has 0 heterocycles. The lowest BCUT2D eigenvalue weighted by atomic mass is 10.2. The van der Waals surface area contributed by atoms with E-state index < -0.39 is 10.0 Å². The molecular weight excluding hydrogens is 332 g/mol. The maximum Gasteiger partial charge on any atom is 0.208 e. The van der Waals surface area contributed by atoms with Crippen molar-refractivity contribution in [3.05, 3.63) is 29.8 Å². The molecule has 0 saturated heterocycles. The molecule has 0 fully saturated rings. The van der Waals surface area contributed by atoms with Crippen LogP contribution in [0.1, 0.15) is 12.5 Å². The lowest BCUT2D eigenvalue weighted by Crippen LogP contribution is -2.39. The summed E-state index contributed by atoms with van der Waals surface area (Å²) in [5.41, 5.74) is 1.20. The second-order valence-corrected chi connectivity index (χ2v) is 7.82. The Bertz CT molecular complexity index is 600. The van der Waals surface area contributed by atoms with Crippen molar-refractivity contribution in [1.29, 1.82) is 0 Å². The third-order valence-corrected chi connectivity index (χ3v) is 4.48. The lowest BCUT2D eigenvalue weighted by Gasteiger charge is -2.22. The quantitative estimate of drug-likeness (QED) is 0.318. The van der Waals surface area contributed by atoms with Gasteiger partial charge in [0.25, 0.3) is 0 Å². The topological polar surface area (TPSA) is 73.8 Å². The number of nitrogens with one attached hydrogen (secondary N) is 2. The number of benzene rings is 1. The molecule has 130 valence electrons. The molecule has 0 aliphatic rings. The zero-order chi connectivity index (χ0) is 17.3. The Morgan fingerprint density at radius 3 is 2.48 bits per heavy atom. The first-order chi connectivity index (χ1) is 10.9. The van der Waals surface area contributed by atoms with Crippen molar-refractivity contribution in [2.75, 3.05) is 39.2 Å². The number of sulfonamides is 1. The molecule has 1 aromatic carbocycles. The summed E-state index contributed by atoms with van der Waals surface area (Å²) in [4.78, 5) is 7.71.